The number of benzene rings is 2. The highest BCUT2D eigenvalue weighted by atomic mass is 16.5. The Kier molecular flexibility index (Phi) is 23.0. The minimum Gasteiger partial charge on any atom is -0.493 e. The summed E-state index contributed by atoms with van der Waals surface area (Å²) in [5.74, 6) is 2.45. The molecule has 2 aromatic carbocycles. The van der Waals surface area contributed by atoms with Crippen LogP contribution in [-0.4, -0.2) is 66.2 Å². The summed E-state index contributed by atoms with van der Waals surface area (Å²) in [6, 6.07) is 12.9. The van der Waals surface area contributed by atoms with Crippen molar-refractivity contribution in [3.63, 3.8) is 0 Å². The predicted molar refractivity (Wildman–Crippen MR) is 172 cm³/mol. The van der Waals surface area contributed by atoms with Crippen molar-refractivity contribution in [3.05, 3.63) is 53.1 Å². The third-order valence-corrected chi connectivity index (χ3v) is 6.15. The van der Waals surface area contributed by atoms with Crippen molar-refractivity contribution < 1.29 is 14.2 Å². The van der Waals surface area contributed by atoms with Crippen LogP contribution < -0.4 is 37.3 Å². The van der Waals surface area contributed by atoms with E-state index in [2.05, 4.69) is 67.8 Å². The lowest BCUT2D eigenvalue weighted by atomic mass is 9.99. The summed E-state index contributed by atoms with van der Waals surface area (Å²) >= 11 is 0. The fourth-order valence-electron chi connectivity index (χ4n) is 4.02. The lowest BCUT2D eigenvalue weighted by molar-refractivity contribution is 0.122. The molecule has 0 unspecified atom stereocenters. The molecule has 2 aromatic rings. The molecular formula is C32H59N5O3. The Morgan fingerprint density at radius 1 is 0.825 bits per heavy atom. The van der Waals surface area contributed by atoms with Gasteiger partial charge in [-0.05, 0) is 87.1 Å². The maximum absolute atomic E-state index is 5.86. The van der Waals surface area contributed by atoms with Gasteiger partial charge < -0.3 is 42.0 Å². The molecular weight excluding hydrogens is 502 g/mol. The third-order valence-electron chi connectivity index (χ3n) is 6.15. The first kappa shape index (κ1) is 37.6. The van der Waals surface area contributed by atoms with Crippen molar-refractivity contribution in [2.75, 3.05) is 71.1 Å². The van der Waals surface area contributed by atoms with E-state index in [1.807, 2.05) is 13.8 Å². The van der Waals surface area contributed by atoms with E-state index in [0.717, 1.165) is 63.5 Å². The van der Waals surface area contributed by atoms with Crippen LogP contribution in [0.2, 0.25) is 0 Å². The normalized spacial score (nSPS) is 12.3. The molecule has 0 bridgehead atoms. The van der Waals surface area contributed by atoms with Gasteiger partial charge in [-0.2, -0.15) is 0 Å². The predicted octanol–water partition coefficient (Wildman–Crippen LogP) is 4.45. The Labute approximate surface area is 244 Å². The van der Waals surface area contributed by atoms with Crippen LogP contribution >= 0.6 is 0 Å². The molecule has 0 saturated carbocycles. The minimum absolute atomic E-state index is 0.467. The van der Waals surface area contributed by atoms with Crippen molar-refractivity contribution in [3.8, 4) is 11.5 Å². The highest BCUT2D eigenvalue weighted by Gasteiger charge is 2.13. The van der Waals surface area contributed by atoms with Gasteiger partial charge in [0.25, 0.3) is 0 Å². The topological polar surface area (TPSA) is 135 Å². The second-order valence-electron chi connectivity index (χ2n) is 9.29. The smallest absolute Gasteiger partial charge is 0.124 e. The summed E-state index contributed by atoms with van der Waals surface area (Å²) < 4.78 is 17.1. The number of hydrogen-bond donors (Lipinski definition) is 4. The van der Waals surface area contributed by atoms with E-state index in [0.29, 0.717) is 38.8 Å². The van der Waals surface area contributed by atoms with Gasteiger partial charge >= 0.3 is 0 Å². The molecule has 1 fully saturated rings. The van der Waals surface area contributed by atoms with Crippen molar-refractivity contribution in [2.24, 2.45) is 22.9 Å². The van der Waals surface area contributed by atoms with Crippen LogP contribution in [0.25, 0.3) is 0 Å². The lowest BCUT2D eigenvalue weighted by Crippen LogP contribution is -2.36. The summed E-state index contributed by atoms with van der Waals surface area (Å²) in [7, 11) is 1.50. The van der Waals surface area contributed by atoms with Gasteiger partial charge in [0.05, 0.1) is 26.4 Å². The highest BCUT2D eigenvalue weighted by molar-refractivity contribution is 5.54. The molecule has 40 heavy (non-hydrogen) atoms. The van der Waals surface area contributed by atoms with Gasteiger partial charge in [0.2, 0.25) is 0 Å². The average Bonchev–Trinajstić information content (AvgIpc) is 3.00. The summed E-state index contributed by atoms with van der Waals surface area (Å²) in [6.45, 7) is 17.4. The second-order valence-corrected chi connectivity index (χ2v) is 9.29. The lowest BCUT2D eigenvalue weighted by Gasteiger charge is -2.29. The maximum Gasteiger partial charge on any atom is 0.124 e. The van der Waals surface area contributed by atoms with Crippen LogP contribution in [0.15, 0.2) is 36.4 Å². The fourth-order valence-corrected chi connectivity index (χ4v) is 4.02. The number of morpholine rings is 1. The molecule has 230 valence electrons. The third kappa shape index (κ3) is 14.3. The summed E-state index contributed by atoms with van der Waals surface area (Å²) in [5, 5.41) is 0. The first-order chi connectivity index (χ1) is 19.5. The van der Waals surface area contributed by atoms with Crippen molar-refractivity contribution in [1.29, 1.82) is 0 Å². The van der Waals surface area contributed by atoms with Crippen molar-refractivity contribution >= 4 is 5.69 Å². The van der Waals surface area contributed by atoms with E-state index < -0.39 is 0 Å². The summed E-state index contributed by atoms with van der Waals surface area (Å²) in [6.07, 6.45) is 3.66. The number of anilines is 1. The molecule has 1 aliphatic rings. The Hall–Kier alpha value is -2.36. The molecule has 0 atom stereocenters. The molecule has 0 spiro atoms. The number of aryl methyl sites for hydroxylation is 1. The van der Waals surface area contributed by atoms with Crippen LogP contribution in [-0.2, 0) is 17.6 Å². The van der Waals surface area contributed by atoms with E-state index in [9.17, 15) is 0 Å². The summed E-state index contributed by atoms with van der Waals surface area (Å²) in [4.78, 5) is 2.35. The molecule has 1 heterocycles. The largest absolute Gasteiger partial charge is 0.493 e. The van der Waals surface area contributed by atoms with E-state index in [1.54, 1.807) is 0 Å². The Morgan fingerprint density at radius 2 is 1.43 bits per heavy atom. The van der Waals surface area contributed by atoms with Crippen LogP contribution in [0.4, 0.5) is 5.69 Å². The minimum atomic E-state index is 0.467. The van der Waals surface area contributed by atoms with E-state index in [-0.39, 0.29) is 0 Å². The first-order valence-corrected chi connectivity index (χ1v) is 15.1. The second kappa shape index (κ2) is 24.4. The zero-order chi connectivity index (χ0) is 30.2. The molecule has 3 rings (SSSR count). The van der Waals surface area contributed by atoms with Gasteiger partial charge in [0.15, 0.2) is 0 Å². The van der Waals surface area contributed by atoms with Gasteiger partial charge in [-0.15, -0.1) is 0 Å². The number of hydrogen-bond acceptors (Lipinski definition) is 8. The number of nitrogens with two attached hydrogens (primary N) is 4. The van der Waals surface area contributed by atoms with Gasteiger partial charge in [0.1, 0.15) is 11.5 Å². The zero-order valence-electron chi connectivity index (χ0n) is 26.2. The molecule has 0 aromatic heterocycles. The van der Waals surface area contributed by atoms with E-state index >= 15 is 0 Å². The highest BCUT2D eigenvalue weighted by Crippen LogP contribution is 2.28. The molecule has 8 nitrogen and oxygen atoms in total. The van der Waals surface area contributed by atoms with Crippen LogP contribution in [0.1, 0.15) is 70.1 Å². The fraction of sp³-hybridized carbons (Fsp3) is 0.625. The van der Waals surface area contributed by atoms with Gasteiger partial charge in [-0.1, -0.05) is 52.8 Å². The quantitative estimate of drug-likeness (QED) is 0.263. The zero-order valence-corrected chi connectivity index (χ0v) is 26.2. The number of ether oxygens (including phenoxy) is 3. The molecule has 0 radical (unpaired) electrons. The number of nitrogens with zero attached hydrogens (tertiary/aromatic N) is 1. The van der Waals surface area contributed by atoms with Crippen molar-refractivity contribution in [2.45, 2.75) is 66.2 Å². The van der Waals surface area contributed by atoms with E-state index in [1.165, 1.54) is 29.4 Å². The molecule has 8 N–H and O–H groups in total. The molecule has 0 aliphatic carbocycles. The van der Waals surface area contributed by atoms with Crippen LogP contribution in [0, 0.1) is 0 Å². The standard InChI is InChI=1S/C15H24N2O2.C14H24N2O.C2H6.CH5N/c1-2-13-4-5-14(17-7-10-18-11-8-17)12-15(13)19-9-3-6-16;1-11(2)13-5-4-12(6-8-16)10-14(13)17-9-3-7-15;2*1-2/h4-5,12H,2-3,6-11,16H2,1H3;4-5,10-11H,3,6-9,15-16H2,1-2H3;1-2H3;2H2,1H3. The van der Waals surface area contributed by atoms with Gasteiger partial charge in [0, 0.05) is 24.8 Å². The average molecular weight is 562 g/mol. The number of rotatable bonds is 13. The van der Waals surface area contributed by atoms with Crippen LogP contribution in [0.5, 0.6) is 11.5 Å². The SMILES string of the molecule is CC.CC(C)c1ccc(CCN)cc1OCCCN.CCc1ccc(N2CCOCC2)cc1OCCCN.CN. The van der Waals surface area contributed by atoms with Gasteiger partial charge in [-0.25, -0.2) is 0 Å². The van der Waals surface area contributed by atoms with Gasteiger partial charge in [-0.3, -0.25) is 0 Å². The Balaban J connectivity index is 0.000000680. The Bertz CT molecular complexity index is 874. The van der Waals surface area contributed by atoms with E-state index in [4.69, 9.17) is 31.4 Å². The monoisotopic (exact) mass is 561 g/mol. The van der Waals surface area contributed by atoms with Crippen LogP contribution in [0.3, 0.4) is 0 Å². The summed E-state index contributed by atoms with van der Waals surface area (Å²) in [5.41, 5.74) is 26.0. The molecule has 8 heteroatoms. The molecule has 1 aliphatic heterocycles. The maximum atomic E-state index is 5.86. The molecule has 0 amide bonds. The Morgan fingerprint density at radius 3 is 1.95 bits per heavy atom. The first-order valence-electron chi connectivity index (χ1n) is 15.1. The molecule has 1 saturated heterocycles. The van der Waals surface area contributed by atoms with Crippen molar-refractivity contribution in [1.82, 2.24) is 0 Å².